The molecule has 2 fully saturated rings. The predicted octanol–water partition coefficient (Wildman–Crippen LogP) is 4.22. The molecule has 0 spiro atoms. The number of aliphatic hydroxyl groups excluding tert-OH is 1. The third-order valence-corrected chi connectivity index (χ3v) is 6.27. The average Bonchev–Trinajstić information content (AvgIpc) is 3.27. The molecule has 2 aromatic carbocycles. The van der Waals surface area contributed by atoms with E-state index in [0.29, 0.717) is 37.2 Å². The van der Waals surface area contributed by atoms with Gasteiger partial charge in [-0.25, -0.2) is 4.79 Å². The number of nitrogens with zero attached hydrogens (tertiary/aromatic N) is 1. The standard InChI is InChI=1S/C22H23F3N2O3/c23-22(24,25)18-7-3-1-5-16(18)13-9-14-11-27(12-15(14)10-13)21(30)26-19-8-4-2-6-17(19)20(28)29/h1-8,13-15,21,26,30H,9-12H2,(H,28,29)/t13-,14+,15-,21?. The highest BCUT2D eigenvalue weighted by Crippen LogP contribution is 2.49. The summed E-state index contributed by atoms with van der Waals surface area (Å²) in [6.45, 7) is 1.11. The lowest BCUT2D eigenvalue weighted by molar-refractivity contribution is -0.138. The van der Waals surface area contributed by atoms with Crippen LogP contribution in [0.5, 0.6) is 0 Å². The van der Waals surface area contributed by atoms with E-state index < -0.39 is 24.1 Å². The molecular formula is C22H23F3N2O3. The molecule has 1 aliphatic heterocycles. The second-order valence-corrected chi connectivity index (χ2v) is 8.10. The normalized spacial score (nSPS) is 25.1. The van der Waals surface area contributed by atoms with Crippen molar-refractivity contribution in [1.82, 2.24) is 4.90 Å². The summed E-state index contributed by atoms with van der Waals surface area (Å²) < 4.78 is 40.1. The summed E-state index contributed by atoms with van der Waals surface area (Å²) in [6, 6.07) is 12.1. The van der Waals surface area contributed by atoms with Crippen molar-refractivity contribution in [2.45, 2.75) is 31.3 Å². The first-order valence-corrected chi connectivity index (χ1v) is 9.91. The summed E-state index contributed by atoms with van der Waals surface area (Å²) in [5.41, 5.74) is 0.199. The molecule has 8 heteroatoms. The highest BCUT2D eigenvalue weighted by atomic mass is 19.4. The highest BCUT2D eigenvalue weighted by Gasteiger charge is 2.45. The fourth-order valence-corrected chi connectivity index (χ4v) is 4.93. The Kier molecular flexibility index (Phi) is 5.46. The van der Waals surface area contributed by atoms with Crippen LogP contribution in [0.15, 0.2) is 48.5 Å². The fourth-order valence-electron chi connectivity index (χ4n) is 4.93. The minimum absolute atomic E-state index is 0.0692. The first kappa shape index (κ1) is 20.7. The summed E-state index contributed by atoms with van der Waals surface area (Å²) >= 11 is 0. The quantitative estimate of drug-likeness (QED) is 0.632. The van der Waals surface area contributed by atoms with E-state index in [1.165, 1.54) is 12.1 Å². The molecular weight excluding hydrogens is 397 g/mol. The topological polar surface area (TPSA) is 72.8 Å². The third-order valence-electron chi connectivity index (χ3n) is 6.27. The van der Waals surface area contributed by atoms with Crippen LogP contribution >= 0.6 is 0 Å². The molecule has 0 amide bonds. The molecule has 2 aliphatic rings. The Morgan fingerprint density at radius 2 is 1.63 bits per heavy atom. The van der Waals surface area contributed by atoms with Crippen LogP contribution in [0.25, 0.3) is 0 Å². The molecule has 1 unspecified atom stereocenters. The number of hydrogen-bond acceptors (Lipinski definition) is 4. The van der Waals surface area contributed by atoms with Crippen molar-refractivity contribution >= 4 is 11.7 Å². The lowest BCUT2D eigenvalue weighted by atomic mass is 9.91. The molecule has 160 valence electrons. The van der Waals surface area contributed by atoms with Gasteiger partial charge in [0, 0.05) is 13.1 Å². The number of halogens is 3. The van der Waals surface area contributed by atoms with Gasteiger partial charge in [-0.15, -0.1) is 0 Å². The number of para-hydroxylation sites is 1. The summed E-state index contributed by atoms with van der Waals surface area (Å²) in [5, 5.41) is 22.7. The summed E-state index contributed by atoms with van der Waals surface area (Å²) in [4.78, 5) is 13.2. The van der Waals surface area contributed by atoms with E-state index in [2.05, 4.69) is 5.32 Å². The van der Waals surface area contributed by atoms with Crippen molar-refractivity contribution in [2.75, 3.05) is 18.4 Å². The molecule has 30 heavy (non-hydrogen) atoms. The van der Waals surface area contributed by atoms with Gasteiger partial charge in [0.25, 0.3) is 0 Å². The first-order valence-electron chi connectivity index (χ1n) is 9.91. The number of carbonyl (C=O) groups is 1. The van der Waals surface area contributed by atoms with Crippen molar-refractivity contribution in [3.8, 4) is 0 Å². The van der Waals surface area contributed by atoms with E-state index in [4.69, 9.17) is 0 Å². The Balaban J connectivity index is 1.42. The van der Waals surface area contributed by atoms with E-state index in [-0.39, 0.29) is 23.3 Å². The molecule has 4 rings (SSSR count). The van der Waals surface area contributed by atoms with Gasteiger partial charge >= 0.3 is 12.1 Å². The van der Waals surface area contributed by atoms with Crippen molar-refractivity contribution in [3.05, 3.63) is 65.2 Å². The summed E-state index contributed by atoms with van der Waals surface area (Å²) in [6.07, 6.45) is -4.13. The minimum Gasteiger partial charge on any atom is -0.478 e. The zero-order chi connectivity index (χ0) is 21.5. The number of likely N-dealkylation sites (tertiary alicyclic amines) is 1. The molecule has 1 saturated heterocycles. The minimum atomic E-state index is -4.36. The summed E-state index contributed by atoms with van der Waals surface area (Å²) in [5.74, 6) is -0.836. The third kappa shape index (κ3) is 4.02. The number of alkyl halides is 3. The average molecular weight is 420 g/mol. The van der Waals surface area contributed by atoms with Crippen molar-refractivity contribution in [3.63, 3.8) is 0 Å². The van der Waals surface area contributed by atoms with Crippen molar-refractivity contribution in [1.29, 1.82) is 0 Å². The molecule has 1 heterocycles. The molecule has 1 aliphatic carbocycles. The van der Waals surface area contributed by atoms with Crippen LogP contribution in [0, 0.1) is 11.8 Å². The Morgan fingerprint density at radius 3 is 2.27 bits per heavy atom. The van der Waals surface area contributed by atoms with Crippen LogP contribution in [0.3, 0.4) is 0 Å². The van der Waals surface area contributed by atoms with Gasteiger partial charge in [-0.2, -0.15) is 13.2 Å². The number of aromatic carboxylic acids is 1. The Labute approximate surface area is 172 Å². The fraction of sp³-hybridized carbons (Fsp3) is 0.409. The van der Waals surface area contributed by atoms with E-state index in [9.17, 15) is 28.2 Å². The summed E-state index contributed by atoms with van der Waals surface area (Å²) in [7, 11) is 0. The van der Waals surface area contributed by atoms with Gasteiger partial charge in [-0.05, 0) is 54.4 Å². The maximum absolute atomic E-state index is 13.4. The second kappa shape index (κ2) is 7.92. The van der Waals surface area contributed by atoms with Crippen molar-refractivity contribution < 1.29 is 28.2 Å². The molecule has 0 aromatic heterocycles. The number of fused-ring (bicyclic) bond motifs is 1. The van der Waals surface area contributed by atoms with Crippen molar-refractivity contribution in [2.24, 2.45) is 11.8 Å². The van der Waals surface area contributed by atoms with E-state index in [1.54, 1.807) is 30.3 Å². The molecule has 0 bridgehead atoms. The van der Waals surface area contributed by atoms with Crippen LogP contribution in [0.4, 0.5) is 18.9 Å². The van der Waals surface area contributed by atoms with Gasteiger partial charge in [0.2, 0.25) is 0 Å². The smallest absolute Gasteiger partial charge is 0.416 e. The molecule has 3 N–H and O–H groups in total. The number of rotatable bonds is 5. The van der Waals surface area contributed by atoms with Gasteiger partial charge in [0.05, 0.1) is 16.8 Å². The van der Waals surface area contributed by atoms with Crippen LogP contribution in [-0.4, -0.2) is 40.5 Å². The number of hydrogen-bond donors (Lipinski definition) is 3. The molecule has 2 aromatic rings. The number of aliphatic hydroxyl groups is 1. The van der Waals surface area contributed by atoms with E-state index in [0.717, 1.165) is 6.07 Å². The van der Waals surface area contributed by atoms with E-state index in [1.807, 2.05) is 4.90 Å². The van der Waals surface area contributed by atoms with Gasteiger partial charge in [0.15, 0.2) is 6.35 Å². The lowest BCUT2D eigenvalue weighted by Crippen LogP contribution is -2.40. The maximum atomic E-state index is 13.4. The van der Waals surface area contributed by atoms with Gasteiger partial charge in [0.1, 0.15) is 0 Å². The maximum Gasteiger partial charge on any atom is 0.416 e. The lowest BCUT2D eigenvalue weighted by Gasteiger charge is -2.27. The van der Waals surface area contributed by atoms with Gasteiger partial charge in [-0.1, -0.05) is 30.3 Å². The van der Waals surface area contributed by atoms with Gasteiger partial charge in [-0.3, -0.25) is 4.90 Å². The predicted molar refractivity (Wildman–Crippen MR) is 105 cm³/mol. The zero-order valence-corrected chi connectivity index (χ0v) is 16.1. The van der Waals surface area contributed by atoms with Crippen LogP contribution < -0.4 is 5.32 Å². The first-order chi connectivity index (χ1) is 14.2. The highest BCUT2D eigenvalue weighted by molar-refractivity contribution is 5.94. The van der Waals surface area contributed by atoms with E-state index >= 15 is 0 Å². The molecule has 1 saturated carbocycles. The molecule has 0 radical (unpaired) electrons. The number of anilines is 1. The number of nitrogens with one attached hydrogen (secondary N) is 1. The molecule has 5 nitrogen and oxygen atoms in total. The Bertz CT molecular complexity index is 920. The monoisotopic (exact) mass is 420 g/mol. The van der Waals surface area contributed by atoms with Crippen LogP contribution in [0.2, 0.25) is 0 Å². The number of carboxylic acid groups (broad SMARTS) is 1. The van der Waals surface area contributed by atoms with Gasteiger partial charge < -0.3 is 15.5 Å². The Hall–Kier alpha value is -2.58. The zero-order valence-electron chi connectivity index (χ0n) is 16.1. The number of carboxylic acids is 1. The van der Waals surface area contributed by atoms with Crippen LogP contribution in [-0.2, 0) is 6.18 Å². The number of benzene rings is 2. The Morgan fingerprint density at radius 1 is 1.03 bits per heavy atom. The SMILES string of the molecule is O=C(O)c1ccccc1NC(O)N1C[C@H]2C[C@H](c3ccccc3C(F)(F)F)C[C@H]2C1. The second-order valence-electron chi connectivity index (χ2n) is 8.10. The van der Waals surface area contributed by atoms with Crippen LogP contribution in [0.1, 0.15) is 40.2 Å². The largest absolute Gasteiger partial charge is 0.478 e. The molecule has 4 atom stereocenters.